The molecular formula is C13H18O. The van der Waals surface area contributed by atoms with Crippen molar-refractivity contribution in [1.82, 2.24) is 0 Å². The lowest BCUT2D eigenvalue weighted by Crippen LogP contribution is -1.98. The summed E-state index contributed by atoms with van der Waals surface area (Å²) >= 11 is 0. The lowest BCUT2D eigenvalue weighted by molar-refractivity contribution is 0.185. The molecule has 0 saturated carbocycles. The molecule has 0 aromatic heterocycles. The molecule has 0 amide bonds. The minimum Gasteiger partial charge on any atom is -0.393 e. The fourth-order valence-corrected chi connectivity index (χ4v) is 1.34. The van der Waals surface area contributed by atoms with Crippen molar-refractivity contribution < 1.29 is 5.11 Å². The summed E-state index contributed by atoms with van der Waals surface area (Å²) in [5, 5.41) is 9.14. The molecule has 0 aliphatic carbocycles. The molecule has 1 unspecified atom stereocenters. The lowest BCUT2D eigenvalue weighted by atomic mass is 10.1. The second kappa shape index (κ2) is 5.61. The van der Waals surface area contributed by atoms with Gasteiger partial charge >= 0.3 is 0 Å². The van der Waals surface area contributed by atoms with E-state index in [4.69, 9.17) is 5.11 Å². The monoisotopic (exact) mass is 190 g/mol. The highest BCUT2D eigenvalue weighted by atomic mass is 16.3. The first-order chi connectivity index (χ1) is 6.68. The van der Waals surface area contributed by atoms with Gasteiger partial charge in [-0.1, -0.05) is 42.0 Å². The predicted molar refractivity (Wildman–Crippen MR) is 61.0 cm³/mol. The molecule has 1 nitrogen and oxygen atoms in total. The number of hydrogen-bond acceptors (Lipinski definition) is 1. The molecule has 1 atom stereocenters. The second-order valence-electron chi connectivity index (χ2n) is 3.79. The third kappa shape index (κ3) is 4.24. The van der Waals surface area contributed by atoms with Crippen molar-refractivity contribution in [1.29, 1.82) is 0 Å². The summed E-state index contributed by atoms with van der Waals surface area (Å²) in [4.78, 5) is 0. The van der Waals surface area contributed by atoms with E-state index in [-0.39, 0.29) is 6.10 Å². The van der Waals surface area contributed by atoms with Gasteiger partial charge in [0, 0.05) is 0 Å². The second-order valence-corrected chi connectivity index (χ2v) is 3.79. The molecule has 0 radical (unpaired) electrons. The van der Waals surface area contributed by atoms with E-state index in [9.17, 15) is 0 Å². The fourth-order valence-electron chi connectivity index (χ4n) is 1.34. The molecule has 1 heteroatoms. The highest BCUT2D eigenvalue weighted by molar-refractivity contribution is 5.51. The first-order valence-electron chi connectivity index (χ1n) is 5.09. The van der Waals surface area contributed by atoms with Crippen LogP contribution in [-0.2, 0) is 0 Å². The van der Waals surface area contributed by atoms with E-state index in [2.05, 4.69) is 25.1 Å². The number of allylic oxidation sites excluding steroid dienone is 1. The van der Waals surface area contributed by atoms with E-state index in [1.807, 2.05) is 25.1 Å². The minimum atomic E-state index is -0.200. The smallest absolute Gasteiger partial charge is 0.0515 e. The van der Waals surface area contributed by atoms with Crippen molar-refractivity contribution in [3.63, 3.8) is 0 Å². The van der Waals surface area contributed by atoms with Crippen LogP contribution in [0, 0.1) is 0 Å². The van der Waals surface area contributed by atoms with Gasteiger partial charge in [0.25, 0.3) is 0 Å². The average molecular weight is 190 g/mol. The van der Waals surface area contributed by atoms with Gasteiger partial charge in [-0.25, -0.2) is 0 Å². The van der Waals surface area contributed by atoms with Crippen LogP contribution in [0.1, 0.15) is 32.3 Å². The number of aliphatic hydroxyl groups excluding tert-OH is 1. The number of hydrogen-bond donors (Lipinski definition) is 1. The van der Waals surface area contributed by atoms with Gasteiger partial charge in [0.1, 0.15) is 0 Å². The molecule has 1 aromatic rings. The summed E-state index contributed by atoms with van der Waals surface area (Å²) in [5.74, 6) is 0. The van der Waals surface area contributed by atoms with Crippen molar-refractivity contribution in [2.24, 2.45) is 0 Å². The minimum absolute atomic E-state index is 0.200. The highest BCUT2D eigenvalue weighted by Gasteiger charge is 1.96. The Kier molecular flexibility index (Phi) is 4.41. The summed E-state index contributed by atoms with van der Waals surface area (Å²) in [5.41, 5.74) is 2.55. The molecule has 1 rings (SSSR count). The van der Waals surface area contributed by atoms with Gasteiger partial charge < -0.3 is 5.11 Å². The Hall–Kier alpha value is -1.08. The predicted octanol–water partition coefficient (Wildman–Crippen LogP) is 3.25. The SMILES string of the molecule is C/C(=C\c1ccccc1)CCC(C)O. The summed E-state index contributed by atoms with van der Waals surface area (Å²) in [6.45, 7) is 3.94. The maximum absolute atomic E-state index is 9.14. The Balaban J connectivity index is 2.52. The third-order valence-corrected chi connectivity index (χ3v) is 2.17. The standard InChI is InChI=1S/C13H18O/c1-11(8-9-12(2)14)10-13-6-4-3-5-7-13/h3-7,10,12,14H,8-9H2,1-2H3/b11-10+. The van der Waals surface area contributed by atoms with Crippen LogP contribution in [0.2, 0.25) is 0 Å². The van der Waals surface area contributed by atoms with Crippen LogP contribution in [0.3, 0.4) is 0 Å². The quantitative estimate of drug-likeness (QED) is 0.772. The van der Waals surface area contributed by atoms with E-state index in [0.717, 1.165) is 12.8 Å². The Morgan fingerprint density at radius 2 is 2.00 bits per heavy atom. The fraction of sp³-hybridized carbons (Fsp3) is 0.385. The van der Waals surface area contributed by atoms with E-state index in [1.54, 1.807) is 0 Å². The average Bonchev–Trinajstić information content (AvgIpc) is 2.16. The van der Waals surface area contributed by atoms with Crippen LogP contribution in [0.5, 0.6) is 0 Å². The molecule has 0 fully saturated rings. The molecule has 1 N–H and O–H groups in total. The number of rotatable bonds is 4. The largest absolute Gasteiger partial charge is 0.393 e. The Labute approximate surface area is 86.1 Å². The molecule has 0 spiro atoms. The molecular weight excluding hydrogens is 172 g/mol. The lowest BCUT2D eigenvalue weighted by Gasteiger charge is -2.04. The van der Waals surface area contributed by atoms with Gasteiger partial charge in [-0.2, -0.15) is 0 Å². The molecule has 0 heterocycles. The molecule has 1 aromatic carbocycles. The summed E-state index contributed by atoms with van der Waals surface area (Å²) in [7, 11) is 0. The van der Waals surface area contributed by atoms with Gasteiger partial charge in [-0.15, -0.1) is 0 Å². The Morgan fingerprint density at radius 3 is 2.57 bits per heavy atom. The molecule has 0 saturated heterocycles. The Morgan fingerprint density at radius 1 is 1.36 bits per heavy atom. The topological polar surface area (TPSA) is 20.2 Å². The molecule has 0 aliphatic rings. The maximum atomic E-state index is 9.14. The van der Waals surface area contributed by atoms with Crippen LogP contribution < -0.4 is 0 Å². The molecule has 0 aliphatic heterocycles. The highest BCUT2D eigenvalue weighted by Crippen LogP contribution is 2.11. The first kappa shape index (κ1) is 11.0. The zero-order valence-corrected chi connectivity index (χ0v) is 8.90. The van der Waals surface area contributed by atoms with Gasteiger partial charge in [-0.3, -0.25) is 0 Å². The summed E-state index contributed by atoms with van der Waals surface area (Å²) in [6.07, 6.45) is 3.78. The van der Waals surface area contributed by atoms with Gasteiger partial charge in [0.15, 0.2) is 0 Å². The molecule has 76 valence electrons. The van der Waals surface area contributed by atoms with Crippen molar-refractivity contribution in [3.05, 3.63) is 41.5 Å². The van der Waals surface area contributed by atoms with Crippen LogP contribution in [0.25, 0.3) is 6.08 Å². The number of benzene rings is 1. The van der Waals surface area contributed by atoms with Crippen LogP contribution >= 0.6 is 0 Å². The van der Waals surface area contributed by atoms with Gasteiger partial charge in [0.2, 0.25) is 0 Å². The summed E-state index contributed by atoms with van der Waals surface area (Å²) < 4.78 is 0. The third-order valence-electron chi connectivity index (χ3n) is 2.17. The van der Waals surface area contributed by atoms with Crippen molar-refractivity contribution in [2.75, 3.05) is 0 Å². The zero-order valence-electron chi connectivity index (χ0n) is 8.90. The Bertz CT molecular complexity index is 285. The zero-order chi connectivity index (χ0) is 10.4. The molecule has 0 bridgehead atoms. The van der Waals surface area contributed by atoms with Crippen molar-refractivity contribution >= 4 is 6.08 Å². The summed E-state index contributed by atoms with van der Waals surface area (Å²) in [6, 6.07) is 10.3. The molecule has 14 heavy (non-hydrogen) atoms. The first-order valence-corrected chi connectivity index (χ1v) is 5.09. The van der Waals surface area contributed by atoms with Crippen LogP contribution in [0.4, 0.5) is 0 Å². The van der Waals surface area contributed by atoms with Gasteiger partial charge in [-0.05, 0) is 32.3 Å². The van der Waals surface area contributed by atoms with Crippen LogP contribution in [0.15, 0.2) is 35.9 Å². The van der Waals surface area contributed by atoms with E-state index in [0.29, 0.717) is 0 Å². The van der Waals surface area contributed by atoms with Crippen molar-refractivity contribution in [2.45, 2.75) is 32.8 Å². The normalized spacial score (nSPS) is 14.1. The van der Waals surface area contributed by atoms with E-state index < -0.39 is 0 Å². The number of aliphatic hydroxyl groups is 1. The maximum Gasteiger partial charge on any atom is 0.0515 e. The van der Waals surface area contributed by atoms with Crippen molar-refractivity contribution in [3.8, 4) is 0 Å². The van der Waals surface area contributed by atoms with Gasteiger partial charge in [0.05, 0.1) is 6.10 Å². The van der Waals surface area contributed by atoms with E-state index >= 15 is 0 Å². The van der Waals surface area contributed by atoms with E-state index in [1.165, 1.54) is 11.1 Å². The van der Waals surface area contributed by atoms with Crippen LogP contribution in [-0.4, -0.2) is 11.2 Å².